The molecule has 0 aliphatic carbocycles. The number of fused-ring (bicyclic) bond motifs is 2. The SMILES string of the molecule is COCCOCCOCCCN1C(=O)c2ccc3c4ccc5c6c(ccc(c7ccc(c2c37)C1=O)c64)C(=O)N(CCCOCCOCCOC)C5=O. The number of rotatable bonds is 20. The van der Waals surface area contributed by atoms with Gasteiger partial charge in [0.2, 0.25) is 0 Å². The van der Waals surface area contributed by atoms with Gasteiger partial charge < -0.3 is 28.4 Å². The monoisotopic (exact) mass is 710 g/mol. The number of nitrogens with zero attached hydrogens (tertiary/aromatic N) is 2. The van der Waals surface area contributed by atoms with Crippen LogP contribution in [0.15, 0.2) is 48.5 Å². The lowest BCUT2D eigenvalue weighted by molar-refractivity contribution is 0.0225. The van der Waals surface area contributed by atoms with Crippen LogP contribution in [0.5, 0.6) is 0 Å². The maximum atomic E-state index is 13.8. The van der Waals surface area contributed by atoms with E-state index in [9.17, 15) is 19.2 Å². The molecule has 0 radical (unpaired) electrons. The first-order valence-corrected chi connectivity index (χ1v) is 17.7. The molecule has 2 aliphatic heterocycles. The lowest BCUT2D eigenvalue weighted by Crippen LogP contribution is -2.41. The molecule has 2 heterocycles. The highest BCUT2D eigenvalue weighted by molar-refractivity contribution is 6.41. The quantitative estimate of drug-likeness (QED) is 0.0467. The summed E-state index contributed by atoms with van der Waals surface area (Å²) >= 11 is 0. The van der Waals surface area contributed by atoms with E-state index in [-0.39, 0.29) is 36.7 Å². The maximum Gasteiger partial charge on any atom is 0.261 e. The Labute approximate surface area is 300 Å². The second-order valence-corrected chi connectivity index (χ2v) is 12.8. The second-order valence-electron chi connectivity index (χ2n) is 12.8. The second kappa shape index (κ2) is 16.0. The number of amides is 4. The van der Waals surface area contributed by atoms with Gasteiger partial charge in [-0.3, -0.25) is 29.0 Å². The number of imide groups is 2. The summed E-state index contributed by atoms with van der Waals surface area (Å²) in [6.45, 7) is 5.00. The fourth-order valence-electron chi connectivity index (χ4n) is 7.35. The van der Waals surface area contributed by atoms with E-state index in [2.05, 4.69) is 0 Å². The molecule has 0 spiro atoms. The first-order valence-electron chi connectivity index (χ1n) is 17.7. The van der Waals surface area contributed by atoms with E-state index in [0.29, 0.717) is 112 Å². The fourth-order valence-corrected chi connectivity index (χ4v) is 7.35. The molecule has 2 aliphatic rings. The minimum Gasteiger partial charge on any atom is -0.382 e. The predicted octanol–water partition coefficient (Wildman–Crippen LogP) is 5.07. The van der Waals surface area contributed by atoms with Gasteiger partial charge >= 0.3 is 0 Å². The molecule has 4 amide bonds. The topological polar surface area (TPSA) is 130 Å². The highest BCUT2D eigenvalue weighted by Gasteiger charge is 2.36. The van der Waals surface area contributed by atoms with Crippen molar-refractivity contribution < 1.29 is 47.6 Å². The van der Waals surface area contributed by atoms with Gasteiger partial charge in [-0.25, -0.2) is 0 Å². The van der Waals surface area contributed by atoms with Crippen LogP contribution >= 0.6 is 0 Å². The van der Waals surface area contributed by atoms with Crippen LogP contribution in [0.4, 0.5) is 0 Å². The van der Waals surface area contributed by atoms with Gasteiger partial charge in [-0.2, -0.15) is 0 Å². The van der Waals surface area contributed by atoms with Crippen LogP contribution in [0.25, 0.3) is 43.1 Å². The van der Waals surface area contributed by atoms with E-state index in [1.807, 2.05) is 24.3 Å². The summed E-state index contributed by atoms with van der Waals surface area (Å²) in [6.07, 6.45) is 0.996. The number of hydrogen-bond acceptors (Lipinski definition) is 10. The van der Waals surface area contributed by atoms with E-state index >= 15 is 0 Å². The van der Waals surface area contributed by atoms with E-state index in [1.165, 1.54) is 9.80 Å². The van der Waals surface area contributed by atoms with Crippen molar-refractivity contribution in [3.63, 3.8) is 0 Å². The zero-order chi connectivity index (χ0) is 36.2. The molecule has 52 heavy (non-hydrogen) atoms. The zero-order valence-electron chi connectivity index (χ0n) is 29.5. The Hall–Kier alpha value is -4.56. The Balaban J connectivity index is 1.12. The number of hydrogen-bond donors (Lipinski definition) is 0. The summed E-state index contributed by atoms with van der Waals surface area (Å²) in [7, 11) is 3.23. The standard InChI is InChI=1S/C40H42N2O10/c1-47-17-19-51-23-21-49-15-3-13-41-37(43)29-9-5-25-27-7-11-31-36-32(40(46)42(39(31)45)14-4-16-50-22-24-52-20-18-48-2)12-8-28(34(27)36)26-6-10-30(38(41)44)35(29)33(25)26/h5-12H,3-4,13-24H2,1-2H3. The molecule has 5 aromatic carbocycles. The van der Waals surface area contributed by atoms with Gasteiger partial charge in [0.15, 0.2) is 0 Å². The lowest BCUT2D eigenvalue weighted by atomic mass is 9.82. The smallest absolute Gasteiger partial charge is 0.261 e. The van der Waals surface area contributed by atoms with E-state index in [0.717, 1.165) is 32.3 Å². The van der Waals surface area contributed by atoms with Crippen LogP contribution < -0.4 is 0 Å². The van der Waals surface area contributed by atoms with Crippen molar-refractivity contribution in [2.24, 2.45) is 0 Å². The van der Waals surface area contributed by atoms with Crippen LogP contribution in [0.3, 0.4) is 0 Å². The molecule has 7 rings (SSSR count). The van der Waals surface area contributed by atoms with Gasteiger partial charge in [-0.1, -0.05) is 24.3 Å². The first-order chi connectivity index (χ1) is 25.5. The third-order valence-electron chi connectivity index (χ3n) is 9.75. The Morgan fingerprint density at radius 2 is 0.673 bits per heavy atom. The molecule has 0 N–H and O–H groups in total. The number of carbonyl (C=O) groups is 4. The van der Waals surface area contributed by atoms with E-state index < -0.39 is 0 Å². The molecule has 5 aromatic rings. The maximum absolute atomic E-state index is 13.8. The first kappa shape index (κ1) is 35.8. The van der Waals surface area contributed by atoms with Crippen molar-refractivity contribution in [1.29, 1.82) is 0 Å². The Morgan fingerprint density at radius 3 is 0.981 bits per heavy atom. The van der Waals surface area contributed by atoms with Crippen molar-refractivity contribution in [3.8, 4) is 0 Å². The van der Waals surface area contributed by atoms with Crippen molar-refractivity contribution in [3.05, 3.63) is 70.8 Å². The van der Waals surface area contributed by atoms with E-state index in [4.69, 9.17) is 28.4 Å². The number of benzene rings is 5. The van der Waals surface area contributed by atoms with Crippen LogP contribution in [0.1, 0.15) is 54.3 Å². The predicted molar refractivity (Wildman–Crippen MR) is 195 cm³/mol. The zero-order valence-corrected chi connectivity index (χ0v) is 29.5. The summed E-state index contributed by atoms with van der Waals surface area (Å²) < 4.78 is 32.0. The molecule has 0 atom stereocenters. The Morgan fingerprint density at radius 1 is 0.385 bits per heavy atom. The average Bonchev–Trinajstić information content (AvgIpc) is 3.16. The van der Waals surface area contributed by atoms with Crippen molar-refractivity contribution >= 4 is 66.7 Å². The normalized spacial score (nSPS) is 14.4. The molecule has 0 saturated heterocycles. The number of ether oxygens (including phenoxy) is 6. The molecule has 0 saturated carbocycles. The van der Waals surface area contributed by atoms with E-state index in [1.54, 1.807) is 38.5 Å². The largest absolute Gasteiger partial charge is 0.382 e. The molecular weight excluding hydrogens is 668 g/mol. The highest BCUT2D eigenvalue weighted by atomic mass is 16.5. The lowest BCUT2D eigenvalue weighted by Gasteiger charge is -2.30. The van der Waals surface area contributed by atoms with Crippen LogP contribution in [0.2, 0.25) is 0 Å². The van der Waals surface area contributed by atoms with Gasteiger partial charge in [0.1, 0.15) is 0 Å². The van der Waals surface area contributed by atoms with Crippen molar-refractivity contribution in [2.45, 2.75) is 12.8 Å². The molecule has 0 unspecified atom stereocenters. The van der Waals surface area contributed by atoms with Gasteiger partial charge in [-0.05, 0) is 69.4 Å². The minimum atomic E-state index is -0.336. The van der Waals surface area contributed by atoms with Gasteiger partial charge in [0.05, 0.1) is 52.9 Å². The Bertz CT molecular complexity index is 1880. The summed E-state index contributed by atoms with van der Waals surface area (Å²) in [5.41, 5.74) is 1.89. The Kier molecular flexibility index (Phi) is 11.0. The molecule has 272 valence electrons. The molecule has 0 fully saturated rings. The third kappa shape index (κ3) is 6.51. The molecule has 0 aromatic heterocycles. The number of carbonyl (C=O) groups excluding carboxylic acids is 4. The molecule has 12 heteroatoms. The van der Waals surface area contributed by atoms with Gasteiger partial charge in [-0.15, -0.1) is 0 Å². The third-order valence-corrected chi connectivity index (χ3v) is 9.75. The van der Waals surface area contributed by atoms with Crippen LogP contribution in [-0.2, 0) is 28.4 Å². The summed E-state index contributed by atoms with van der Waals surface area (Å²) in [4.78, 5) is 57.8. The number of methoxy groups -OCH3 is 2. The van der Waals surface area contributed by atoms with Gasteiger partial charge in [0.25, 0.3) is 23.6 Å². The van der Waals surface area contributed by atoms with Crippen molar-refractivity contribution in [1.82, 2.24) is 9.80 Å². The minimum absolute atomic E-state index is 0.233. The van der Waals surface area contributed by atoms with Gasteiger partial charge in [0, 0.05) is 73.5 Å². The summed E-state index contributed by atoms with van der Waals surface area (Å²) in [6, 6.07) is 14.8. The average molecular weight is 711 g/mol. The molecule has 12 nitrogen and oxygen atoms in total. The molecular formula is C40H42N2O10. The highest BCUT2D eigenvalue weighted by Crippen LogP contribution is 2.46. The summed E-state index contributed by atoms with van der Waals surface area (Å²) in [5.74, 6) is -1.34. The summed E-state index contributed by atoms with van der Waals surface area (Å²) in [5, 5.41) is 6.32. The fraction of sp³-hybridized carbons (Fsp3) is 0.400. The van der Waals surface area contributed by atoms with Crippen LogP contribution in [-0.4, -0.2) is 127 Å². The van der Waals surface area contributed by atoms with Crippen LogP contribution in [0, 0.1) is 0 Å². The van der Waals surface area contributed by atoms with Crippen molar-refractivity contribution in [2.75, 3.05) is 93.4 Å². The molecule has 0 bridgehead atoms.